The summed E-state index contributed by atoms with van der Waals surface area (Å²) < 4.78 is 0. The fraction of sp³-hybridized carbons (Fsp3) is 0.458. The number of nitrogens with one attached hydrogen (secondary N) is 2. The maximum absolute atomic E-state index is 13.3. The highest BCUT2D eigenvalue weighted by Crippen LogP contribution is 2.35. The van der Waals surface area contributed by atoms with Crippen molar-refractivity contribution in [2.24, 2.45) is 5.92 Å². The van der Waals surface area contributed by atoms with Gasteiger partial charge in [-0.05, 0) is 56.2 Å². The van der Waals surface area contributed by atoms with Crippen molar-refractivity contribution < 1.29 is 9.59 Å². The van der Waals surface area contributed by atoms with Crippen LogP contribution in [-0.2, 0) is 0 Å². The van der Waals surface area contributed by atoms with Crippen LogP contribution in [-0.4, -0.2) is 72.5 Å². The second-order valence-electron chi connectivity index (χ2n) is 8.35. The lowest BCUT2D eigenvalue weighted by Crippen LogP contribution is -2.41. The summed E-state index contributed by atoms with van der Waals surface area (Å²) in [6, 6.07) is 10.3. The van der Waals surface area contributed by atoms with Gasteiger partial charge in [-0.25, -0.2) is 14.7 Å². The van der Waals surface area contributed by atoms with Gasteiger partial charge in [0.2, 0.25) is 0 Å². The number of aromatic nitrogens is 1. The first-order valence-electron chi connectivity index (χ1n) is 11.5. The van der Waals surface area contributed by atoms with E-state index in [-0.39, 0.29) is 11.9 Å². The molecule has 2 aromatic rings. The van der Waals surface area contributed by atoms with Crippen molar-refractivity contribution in [2.45, 2.75) is 20.3 Å². The van der Waals surface area contributed by atoms with E-state index in [0.29, 0.717) is 35.2 Å². The maximum atomic E-state index is 13.3. The molecule has 3 heterocycles. The van der Waals surface area contributed by atoms with Crippen LogP contribution in [0.25, 0.3) is 0 Å². The van der Waals surface area contributed by atoms with Gasteiger partial charge >= 0.3 is 6.03 Å². The third-order valence-corrected chi connectivity index (χ3v) is 6.32. The van der Waals surface area contributed by atoms with Crippen LogP contribution >= 0.6 is 0 Å². The van der Waals surface area contributed by atoms with E-state index in [0.717, 1.165) is 39.3 Å². The van der Waals surface area contributed by atoms with Crippen LogP contribution < -0.4 is 15.5 Å². The van der Waals surface area contributed by atoms with Crippen LogP contribution in [0, 0.1) is 5.92 Å². The summed E-state index contributed by atoms with van der Waals surface area (Å²) in [5.74, 6) is 0.862. The Morgan fingerprint density at radius 2 is 2.03 bits per heavy atom. The molecule has 2 aliphatic rings. The molecule has 1 atom stereocenters. The number of hydrogen-bond donors (Lipinski definition) is 2. The minimum atomic E-state index is -0.284. The standard InChI is InChI=1S/C24H32N6O2/c1-3-28(4-2)16-18-11-14-29(17-18)15-13-26-24(32)30-21-10-6-5-8-19(21)23(31)27-20-9-7-12-25-22(20)30/h5-10,12,18H,3-4,11,13-17H2,1-2H3,(H,26,32)(H,27,31). The number of rotatable bonds is 7. The van der Waals surface area contributed by atoms with Crippen molar-refractivity contribution in [1.82, 2.24) is 20.1 Å². The van der Waals surface area contributed by atoms with Crippen LogP contribution in [0.4, 0.5) is 22.0 Å². The summed E-state index contributed by atoms with van der Waals surface area (Å²) in [5.41, 5.74) is 1.49. The number of hydrogen-bond acceptors (Lipinski definition) is 5. The predicted octanol–water partition coefficient (Wildman–Crippen LogP) is 3.16. The second kappa shape index (κ2) is 10.1. The molecule has 2 N–H and O–H groups in total. The average Bonchev–Trinajstić information content (AvgIpc) is 3.21. The summed E-state index contributed by atoms with van der Waals surface area (Å²) in [7, 11) is 0. The number of amides is 3. The molecule has 0 radical (unpaired) electrons. The van der Waals surface area contributed by atoms with Gasteiger partial charge in [0.05, 0.1) is 16.9 Å². The molecule has 0 saturated carbocycles. The zero-order chi connectivity index (χ0) is 22.5. The minimum absolute atomic E-state index is 0.249. The Labute approximate surface area is 189 Å². The number of urea groups is 1. The number of pyridine rings is 1. The van der Waals surface area contributed by atoms with Crippen molar-refractivity contribution in [3.8, 4) is 0 Å². The van der Waals surface area contributed by atoms with E-state index < -0.39 is 0 Å². The molecule has 4 rings (SSSR count). The first-order valence-corrected chi connectivity index (χ1v) is 11.5. The summed E-state index contributed by atoms with van der Waals surface area (Å²) in [6.07, 6.45) is 2.83. The van der Waals surface area contributed by atoms with Crippen LogP contribution in [0.1, 0.15) is 30.6 Å². The van der Waals surface area contributed by atoms with Gasteiger partial charge in [-0.15, -0.1) is 0 Å². The molecular formula is C24H32N6O2. The Balaban J connectivity index is 1.41. The Hall–Kier alpha value is -2.97. The number of likely N-dealkylation sites (tertiary alicyclic amines) is 1. The number of fused-ring (bicyclic) bond motifs is 2. The fourth-order valence-electron chi connectivity index (χ4n) is 4.55. The van der Waals surface area contributed by atoms with E-state index >= 15 is 0 Å². The molecule has 32 heavy (non-hydrogen) atoms. The first-order chi connectivity index (χ1) is 15.6. The molecule has 2 aliphatic heterocycles. The van der Waals surface area contributed by atoms with Crippen LogP contribution in [0.15, 0.2) is 42.6 Å². The molecule has 3 amide bonds. The lowest BCUT2D eigenvalue weighted by molar-refractivity contribution is 0.102. The molecule has 0 spiro atoms. The highest BCUT2D eigenvalue weighted by atomic mass is 16.2. The smallest absolute Gasteiger partial charge is 0.327 e. The van der Waals surface area contributed by atoms with Crippen LogP contribution in [0.2, 0.25) is 0 Å². The van der Waals surface area contributed by atoms with Crippen molar-refractivity contribution in [2.75, 3.05) is 56.0 Å². The number of nitrogens with zero attached hydrogens (tertiary/aromatic N) is 4. The number of carbonyl (C=O) groups excluding carboxylic acids is 2. The molecule has 1 saturated heterocycles. The molecular weight excluding hydrogens is 404 g/mol. The van der Waals surface area contributed by atoms with Gasteiger partial charge in [-0.2, -0.15) is 0 Å². The number of carbonyl (C=O) groups is 2. The lowest BCUT2D eigenvalue weighted by atomic mass is 10.1. The number of anilines is 3. The summed E-state index contributed by atoms with van der Waals surface area (Å²) in [4.78, 5) is 36.7. The summed E-state index contributed by atoms with van der Waals surface area (Å²) in [6.45, 7) is 11.2. The molecule has 8 nitrogen and oxygen atoms in total. The lowest BCUT2D eigenvalue weighted by Gasteiger charge is -2.24. The fourth-order valence-corrected chi connectivity index (χ4v) is 4.55. The third kappa shape index (κ3) is 4.76. The van der Waals surface area contributed by atoms with E-state index in [4.69, 9.17) is 0 Å². The predicted molar refractivity (Wildman–Crippen MR) is 127 cm³/mol. The molecule has 1 aromatic carbocycles. The largest absolute Gasteiger partial charge is 0.336 e. The SMILES string of the molecule is CCN(CC)CC1CCN(CCNC(=O)N2c3ccccc3C(=O)Nc3cccnc32)C1. The van der Waals surface area contributed by atoms with Crippen LogP contribution in [0.3, 0.4) is 0 Å². The molecule has 1 fully saturated rings. The number of benzene rings is 1. The Morgan fingerprint density at radius 1 is 1.22 bits per heavy atom. The first kappa shape index (κ1) is 22.2. The molecule has 8 heteroatoms. The maximum Gasteiger partial charge on any atom is 0.327 e. The van der Waals surface area contributed by atoms with Gasteiger partial charge < -0.3 is 20.4 Å². The number of para-hydroxylation sites is 1. The van der Waals surface area contributed by atoms with Crippen molar-refractivity contribution in [3.05, 3.63) is 48.2 Å². The van der Waals surface area contributed by atoms with E-state index in [9.17, 15) is 9.59 Å². The molecule has 1 aromatic heterocycles. The van der Waals surface area contributed by atoms with E-state index in [1.54, 1.807) is 36.5 Å². The van der Waals surface area contributed by atoms with Crippen molar-refractivity contribution in [1.29, 1.82) is 0 Å². The van der Waals surface area contributed by atoms with Crippen molar-refractivity contribution in [3.63, 3.8) is 0 Å². The summed E-state index contributed by atoms with van der Waals surface area (Å²) >= 11 is 0. The molecule has 1 unspecified atom stereocenters. The Bertz CT molecular complexity index is 961. The van der Waals surface area contributed by atoms with E-state index in [1.807, 2.05) is 6.07 Å². The Morgan fingerprint density at radius 3 is 2.84 bits per heavy atom. The van der Waals surface area contributed by atoms with Gasteiger partial charge in [0, 0.05) is 32.4 Å². The normalized spacial score (nSPS) is 18.2. The van der Waals surface area contributed by atoms with Gasteiger partial charge in [-0.3, -0.25) is 4.79 Å². The quantitative estimate of drug-likeness (QED) is 0.697. The highest BCUT2D eigenvalue weighted by molar-refractivity contribution is 6.16. The van der Waals surface area contributed by atoms with Crippen LogP contribution in [0.5, 0.6) is 0 Å². The topological polar surface area (TPSA) is 80.8 Å². The molecule has 170 valence electrons. The second-order valence-corrected chi connectivity index (χ2v) is 8.35. The molecule has 0 bridgehead atoms. The highest BCUT2D eigenvalue weighted by Gasteiger charge is 2.30. The van der Waals surface area contributed by atoms with Gasteiger partial charge in [0.15, 0.2) is 5.82 Å². The Kier molecular flexibility index (Phi) is 7.02. The minimum Gasteiger partial charge on any atom is -0.336 e. The monoisotopic (exact) mass is 436 g/mol. The van der Waals surface area contributed by atoms with Gasteiger partial charge in [0.25, 0.3) is 5.91 Å². The van der Waals surface area contributed by atoms with Crippen molar-refractivity contribution >= 4 is 29.1 Å². The van der Waals surface area contributed by atoms with E-state index in [2.05, 4.69) is 39.3 Å². The molecule has 0 aliphatic carbocycles. The van der Waals surface area contributed by atoms with E-state index in [1.165, 1.54) is 11.3 Å². The zero-order valence-electron chi connectivity index (χ0n) is 18.9. The summed E-state index contributed by atoms with van der Waals surface area (Å²) in [5, 5.41) is 5.90. The zero-order valence-corrected chi connectivity index (χ0v) is 18.9. The average molecular weight is 437 g/mol. The third-order valence-electron chi connectivity index (χ3n) is 6.32. The van der Waals surface area contributed by atoms with Gasteiger partial charge in [-0.1, -0.05) is 26.0 Å². The van der Waals surface area contributed by atoms with Gasteiger partial charge in [0.1, 0.15) is 0 Å².